The first kappa shape index (κ1) is 11.8. The summed E-state index contributed by atoms with van der Waals surface area (Å²) in [5.41, 5.74) is 9.13. The number of rotatable bonds is 1. The molecule has 2 rings (SSSR count). The second kappa shape index (κ2) is 4.65. The number of hydrogen-bond acceptors (Lipinski definition) is 2. The molecule has 1 aliphatic heterocycles. The maximum absolute atomic E-state index is 10.8. The van der Waals surface area contributed by atoms with E-state index in [2.05, 4.69) is 6.07 Å². The van der Waals surface area contributed by atoms with E-state index < -0.39 is 6.09 Å². The van der Waals surface area contributed by atoms with Crippen molar-refractivity contribution in [3.8, 4) is 0 Å². The van der Waals surface area contributed by atoms with Crippen molar-refractivity contribution in [2.75, 3.05) is 18.8 Å². The smallest absolute Gasteiger partial charge is 0.407 e. The predicted octanol–water partition coefficient (Wildman–Crippen LogP) is 2.43. The highest BCUT2D eigenvalue weighted by atomic mass is 16.4. The molecule has 1 amide bonds. The van der Waals surface area contributed by atoms with Crippen LogP contribution >= 0.6 is 0 Å². The van der Waals surface area contributed by atoms with Crippen LogP contribution in [0.3, 0.4) is 0 Å². The summed E-state index contributed by atoms with van der Waals surface area (Å²) in [6, 6.07) is 5.99. The van der Waals surface area contributed by atoms with Gasteiger partial charge in [-0.25, -0.2) is 4.79 Å². The molecule has 1 aromatic carbocycles. The summed E-state index contributed by atoms with van der Waals surface area (Å²) in [5.74, 6) is 0.439. The van der Waals surface area contributed by atoms with E-state index in [-0.39, 0.29) is 0 Å². The van der Waals surface area contributed by atoms with Crippen molar-refractivity contribution in [3.05, 3.63) is 29.3 Å². The summed E-state index contributed by atoms with van der Waals surface area (Å²) in [4.78, 5) is 12.3. The molecule has 3 N–H and O–H groups in total. The van der Waals surface area contributed by atoms with E-state index in [4.69, 9.17) is 10.8 Å². The lowest BCUT2D eigenvalue weighted by Gasteiger charge is -2.31. The fourth-order valence-electron chi connectivity index (χ4n) is 2.50. The van der Waals surface area contributed by atoms with Gasteiger partial charge >= 0.3 is 6.09 Å². The fraction of sp³-hybridized carbons (Fsp3) is 0.462. The van der Waals surface area contributed by atoms with Gasteiger partial charge in [0.25, 0.3) is 0 Å². The Balaban J connectivity index is 2.10. The molecule has 17 heavy (non-hydrogen) atoms. The van der Waals surface area contributed by atoms with Gasteiger partial charge in [0.1, 0.15) is 0 Å². The van der Waals surface area contributed by atoms with Crippen molar-refractivity contribution in [2.45, 2.75) is 25.7 Å². The lowest BCUT2D eigenvalue weighted by Crippen LogP contribution is -2.36. The molecule has 4 heteroatoms. The third-order valence-corrected chi connectivity index (χ3v) is 3.62. The molecule has 0 radical (unpaired) electrons. The van der Waals surface area contributed by atoms with Crippen LogP contribution in [0.2, 0.25) is 0 Å². The number of benzene rings is 1. The van der Waals surface area contributed by atoms with E-state index in [1.165, 1.54) is 10.5 Å². The van der Waals surface area contributed by atoms with Gasteiger partial charge in [-0.05, 0) is 42.9 Å². The topological polar surface area (TPSA) is 66.6 Å². The van der Waals surface area contributed by atoms with Crippen LogP contribution in [0, 0.1) is 6.92 Å². The average Bonchev–Trinajstić information content (AvgIpc) is 2.33. The molecule has 0 bridgehead atoms. The number of amides is 1. The van der Waals surface area contributed by atoms with Gasteiger partial charge in [0.2, 0.25) is 0 Å². The highest BCUT2D eigenvalue weighted by Gasteiger charge is 2.24. The first-order valence-electron chi connectivity index (χ1n) is 5.92. The molecule has 1 aliphatic rings. The minimum atomic E-state index is -0.812. The zero-order chi connectivity index (χ0) is 12.4. The largest absolute Gasteiger partial charge is 0.465 e. The molecular weight excluding hydrogens is 216 g/mol. The third-order valence-electron chi connectivity index (χ3n) is 3.62. The van der Waals surface area contributed by atoms with Crippen LogP contribution in [0.4, 0.5) is 10.5 Å². The van der Waals surface area contributed by atoms with E-state index in [0.29, 0.717) is 19.0 Å². The molecular formula is C13H18N2O2. The lowest BCUT2D eigenvalue weighted by molar-refractivity contribution is 0.132. The second-order valence-corrected chi connectivity index (χ2v) is 4.61. The lowest BCUT2D eigenvalue weighted by atomic mass is 9.86. The molecule has 4 nitrogen and oxygen atoms in total. The van der Waals surface area contributed by atoms with Crippen molar-refractivity contribution in [1.29, 1.82) is 0 Å². The molecule has 0 spiro atoms. The van der Waals surface area contributed by atoms with Crippen molar-refractivity contribution in [3.63, 3.8) is 0 Å². The highest BCUT2D eigenvalue weighted by molar-refractivity contribution is 5.65. The van der Waals surface area contributed by atoms with Crippen LogP contribution in [0.15, 0.2) is 18.2 Å². The number of carboxylic acid groups (broad SMARTS) is 1. The number of carbonyl (C=O) groups is 1. The molecule has 0 atom stereocenters. The van der Waals surface area contributed by atoms with Crippen LogP contribution in [-0.2, 0) is 0 Å². The molecule has 0 aliphatic carbocycles. The summed E-state index contributed by atoms with van der Waals surface area (Å²) in [6.07, 6.45) is 0.959. The van der Waals surface area contributed by atoms with Gasteiger partial charge < -0.3 is 15.7 Å². The summed E-state index contributed by atoms with van der Waals surface area (Å²) in [7, 11) is 0. The summed E-state index contributed by atoms with van der Waals surface area (Å²) < 4.78 is 0. The fourth-order valence-corrected chi connectivity index (χ4v) is 2.50. The molecule has 1 heterocycles. The molecule has 1 fully saturated rings. The average molecular weight is 234 g/mol. The summed E-state index contributed by atoms with van der Waals surface area (Å²) >= 11 is 0. The number of anilines is 1. The second-order valence-electron chi connectivity index (χ2n) is 4.61. The molecule has 1 saturated heterocycles. The Hall–Kier alpha value is -1.71. The van der Waals surface area contributed by atoms with Gasteiger partial charge in [-0.2, -0.15) is 0 Å². The number of nitrogens with zero attached hydrogens (tertiary/aromatic N) is 1. The number of nitrogen functional groups attached to an aromatic ring is 1. The summed E-state index contributed by atoms with van der Waals surface area (Å²) in [6.45, 7) is 3.27. The van der Waals surface area contributed by atoms with Crippen molar-refractivity contribution >= 4 is 11.8 Å². The minimum absolute atomic E-state index is 0.439. The first-order chi connectivity index (χ1) is 8.09. The van der Waals surface area contributed by atoms with Gasteiger partial charge in [-0.15, -0.1) is 0 Å². The number of likely N-dealkylation sites (tertiary alicyclic amines) is 1. The maximum Gasteiger partial charge on any atom is 0.407 e. The SMILES string of the molecule is Cc1c(N)cccc1C1CCN(C(=O)O)CC1. The van der Waals surface area contributed by atoms with Crippen molar-refractivity contribution < 1.29 is 9.90 Å². The van der Waals surface area contributed by atoms with Crippen molar-refractivity contribution in [2.24, 2.45) is 0 Å². The van der Waals surface area contributed by atoms with Gasteiger partial charge in [-0.1, -0.05) is 12.1 Å². The van der Waals surface area contributed by atoms with E-state index in [1.807, 2.05) is 19.1 Å². The molecule has 92 valence electrons. The van der Waals surface area contributed by atoms with Crippen LogP contribution in [0.1, 0.15) is 29.9 Å². The van der Waals surface area contributed by atoms with E-state index in [9.17, 15) is 4.79 Å². The number of nitrogens with two attached hydrogens (primary N) is 1. The van der Waals surface area contributed by atoms with Crippen molar-refractivity contribution in [1.82, 2.24) is 4.90 Å². The standard InChI is InChI=1S/C13H18N2O2/c1-9-11(3-2-4-12(9)14)10-5-7-15(8-6-10)13(16)17/h2-4,10H,5-8,14H2,1H3,(H,16,17). The normalized spacial score (nSPS) is 17.1. The minimum Gasteiger partial charge on any atom is -0.465 e. The molecule has 0 aromatic heterocycles. The Bertz CT molecular complexity index is 423. The summed E-state index contributed by atoms with van der Waals surface area (Å²) in [5, 5.41) is 8.90. The van der Waals surface area contributed by atoms with E-state index in [1.54, 1.807) is 0 Å². The first-order valence-corrected chi connectivity index (χ1v) is 5.92. The van der Waals surface area contributed by atoms with Gasteiger partial charge in [0, 0.05) is 18.8 Å². The molecule has 0 saturated carbocycles. The quantitative estimate of drug-likeness (QED) is 0.733. The number of hydrogen-bond donors (Lipinski definition) is 2. The van der Waals surface area contributed by atoms with Crippen LogP contribution in [0.25, 0.3) is 0 Å². The Kier molecular flexibility index (Phi) is 3.22. The zero-order valence-corrected chi connectivity index (χ0v) is 10.0. The van der Waals surface area contributed by atoms with Crippen LogP contribution < -0.4 is 5.73 Å². The molecule has 0 unspecified atom stereocenters. The number of piperidine rings is 1. The monoisotopic (exact) mass is 234 g/mol. The van der Waals surface area contributed by atoms with Crippen LogP contribution in [-0.4, -0.2) is 29.2 Å². The Labute approximate surface area is 101 Å². The molecule has 1 aromatic rings. The Morgan fingerprint density at radius 2 is 2.06 bits per heavy atom. The zero-order valence-electron chi connectivity index (χ0n) is 10.0. The van der Waals surface area contributed by atoms with Crippen LogP contribution in [0.5, 0.6) is 0 Å². The highest BCUT2D eigenvalue weighted by Crippen LogP contribution is 2.32. The Morgan fingerprint density at radius 3 is 2.65 bits per heavy atom. The van der Waals surface area contributed by atoms with E-state index in [0.717, 1.165) is 24.1 Å². The van der Waals surface area contributed by atoms with Gasteiger partial charge in [-0.3, -0.25) is 0 Å². The van der Waals surface area contributed by atoms with E-state index >= 15 is 0 Å². The predicted molar refractivity (Wildman–Crippen MR) is 67.2 cm³/mol. The Morgan fingerprint density at radius 1 is 1.41 bits per heavy atom. The van der Waals surface area contributed by atoms with Gasteiger partial charge in [0.15, 0.2) is 0 Å². The third kappa shape index (κ3) is 2.35. The maximum atomic E-state index is 10.8. The van der Waals surface area contributed by atoms with Gasteiger partial charge in [0.05, 0.1) is 0 Å².